The number of nitrogens with one attached hydrogen (secondary N) is 1. The smallest absolute Gasteiger partial charge is 0.251 e. The molecule has 0 radical (unpaired) electrons. The average Bonchev–Trinajstić information content (AvgIpc) is 2.82. The number of aromatic hydroxyl groups is 2. The minimum Gasteiger partial charge on any atom is -0.508 e. The number of amides is 1. The van der Waals surface area contributed by atoms with Crippen LogP contribution in [0.4, 0.5) is 0 Å². The molecule has 2 atom stereocenters. The fourth-order valence-corrected chi connectivity index (χ4v) is 2.74. The number of hydrogen-bond acceptors (Lipinski definition) is 4. The van der Waals surface area contributed by atoms with E-state index in [9.17, 15) is 15.0 Å². The van der Waals surface area contributed by atoms with Gasteiger partial charge in [-0.25, -0.2) is 0 Å². The van der Waals surface area contributed by atoms with Crippen molar-refractivity contribution in [2.45, 2.75) is 19.3 Å². The molecular weight excluding hydrogens is 244 g/mol. The Bertz CT molecular complexity index is 442. The third-order valence-electron chi connectivity index (χ3n) is 3.81. The Morgan fingerprint density at radius 3 is 2.47 bits per heavy atom. The standard InChI is InChI=1S/C14H20N2O3/c15-7-9-2-1-3-10(9)8-16-14(19)11-4-12(17)6-13(18)5-11/h4-6,9-10,17-18H,1-3,7-8,15H2,(H,16,19). The van der Waals surface area contributed by atoms with Gasteiger partial charge in [-0.3, -0.25) is 4.79 Å². The second-order valence-electron chi connectivity index (χ2n) is 5.13. The highest BCUT2D eigenvalue weighted by Crippen LogP contribution is 2.30. The molecule has 5 N–H and O–H groups in total. The monoisotopic (exact) mass is 264 g/mol. The molecule has 0 bridgehead atoms. The lowest BCUT2D eigenvalue weighted by molar-refractivity contribution is 0.0943. The first-order valence-electron chi connectivity index (χ1n) is 6.61. The lowest BCUT2D eigenvalue weighted by Gasteiger charge is -2.18. The van der Waals surface area contributed by atoms with Gasteiger partial charge >= 0.3 is 0 Å². The van der Waals surface area contributed by atoms with E-state index in [2.05, 4.69) is 5.32 Å². The summed E-state index contributed by atoms with van der Waals surface area (Å²) >= 11 is 0. The molecule has 104 valence electrons. The average molecular weight is 264 g/mol. The molecule has 5 heteroatoms. The highest BCUT2D eigenvalue weighted by Gasteiger charge is 2.26. The largest absolute Gasteiger partial charge is 0.508 e. The topological polar surface area (TPSA) is 95.6 Å². The number of nitrogens with two attached hydrogens (primary N) is 1. The van der Waals surface area contributed by atoms with Crippen LogP contribution in [0.3, 0.4) is 0 Å². The molecule has 0 heterocycles. The zero-order valence-electron chi connectivity index (χ0n) is 10.8. The molecule has 19 heavy (non-hydrogen) atoms. The van der Waals surface area contributed by atoms with E-state index in [4.69, 9.17) is 5.73 Å². The van der Waals surface area contributed by atoms with E-state index in [1.807, 2.05) is 0 Å². The minimum atomic E-state index is -0.283. The molecule has 0 spiro atoms. The lowest BCUT2D eigenvalue weighted by Crippen LogP contribution is -2.32. The van der Waals surface area contributed by atoms with Crippen LogP contribution in [-0.2, 0) is 0 Å². The number of phenolic OH excluding ortho intramolecular Hbond substituents is 2. The van der Waals surface area contributed by atoms with Crippen molar-refractivity contribution in [1.82, 2.24) is 5.32 Å². The number of phenols is 2. The van der Waals surface area contributed by atoms with E-state index in [1.54, 1.807) is 0 Å². The Morgan fingerprint density at radius 1 is 1.21 bits per heavy atom. The summed E-state index contributed by atoms with van der Waals surface area (Å²) in [5.74, 6) is 0.392. The Balaban J connectivity index is 1.94. The van der Waals surface area contributed by atoms with Crippen LogP contribution in [0.15, 0.2) is 18.2 Å². The quantitative estimate of drug-likeness (QED) is 0.657. The van der Waals surface area contributed by atoms with Crippen molar-refractivity contribution in [3.05, 3.63) is 23.8 Å². The second kappa shape index (κ2) is 5.93. The maximum Gasteiger partial charge on any atom is 0.251 e. The van der Waals surface area contributed by atoms with Crippen LogP contribution in [0.2, 0.25) is 0 Å². The molecule has 0 aliphatic heterocycles. The van der Waals surface area contributed by atoms with Gasteiger partial charge in [-0.05, 0) is 43.4 Å². The maximum absolute atomic E-state index is 11.9. The van der Waals surface area contributed by atoms with Crippen molar-refractivity contribution in [3.63, 3.8) is 0 Å². The van der Waals surface area contributed by atoms with Crippen LogP contribution < -0.4 is 11.1 Å². The maximum atomic E-state index is 11.9. The van der Waals surface area contributed by atoms with Gasteiger partial charge in [-0.15, -0.1) is 0 Å². The summed E-state index contributed by atoms with van der Waals surface area (Å²) in [7, 11) is 0. The first kappa shape index (κ1) is 13.7. The third kappa shape index (κ3) is 3.38. The Morgan fingerprint density at radius 2 is 1.84 bits per heavy atom. The zero-order valence-corrected chi connectivity index (χ0v) is 10.8. The predicted octanol–water partition coefficient (Wildman–Crippen LogP) is 1.20. The Kier molecular flexibility index (Phi) is 4.27. The molecule has 0 aromatic heterocycles. The molecular formula is C14H20N2O3. The van der Waals surface area contributed by atoms with Crippen LogP contribution in [0.1, 0.15) is 29.6 Å². The summed E-state index contributed by atoms with van der Waals surface area (Å²) in [6.45, 7) is 1.25. The van der Waals surface area contributed by atoms with Crippen molar-refractivity contribution in [2.75, 3.05) is 13.1 Å². The van der Waals surface area contributed by atoms with E-state index >= 15 is 0 Å². The molecule has 0 saturated heterocycles. The lowest BCUT2D eigenvalue weighted by atomic mass is 9.96. The first-order valence-corrected chi connectivity index (χ1v) is 6.61. The molecule has 1 aliphatic carbocycles. The van der Waals surface area contributed by atoms with Crippen molar-refractivity contribution in [2.24, 2.45) is 17.6 Å². The highest BCUT2D eigenvalue weighted by molar-refractivity contribution is 5.95. The van der Waals surface area contributed by atoms with E-state index in [1.165, 1.54) is 18.2 Å². The number of benzene rings is 1. The van der Waals surface area contributed by atoms with Crippen LogP contribution >= 0.6 is 0 Å². The summed E-state index contributed by atoms with van der Waals surface area (Å²) in [6, 6.07) is 3.87. The van der Waals surface area contributed by atoms with E-state index < -0.39 is 0 Å². The van der Waals surface area contributed by atoms with Crippen molar-refractivity contribution < 1.29 is 15.0 Å². The number of rotatable bonds is 4. The number of carbonyl (C=O) groups is 1. The second-order valence-corrected chi connectivity index (χ2v) is 5.13. The van der Waals surface area contributed by atoms with Gasteiger partial charge in [0.2, 0.25) is 0 Å². The van der Waals surface area contributed by atoms with Crippen LogP contribution in [0, 0.1) is 11.8 Å². The van der Waals surface area contributed by atoms with Gasteiger partial charge in [0.25, 0.3) is 5.91 Å². The zero-order chi connectivity index (χ0) is 13.8. The van der Waals surface area contributed by atoms with Gasteiger partial charge in [0, 0.05) is 18.2 Å². The molecule has 1 aliphatic rings. The van der Waals surface area contributed by atoms with Crippen molar-refractivity contribution in [3.8, 4) is 11.5 Å². The SMILES string of the molecule is NCC1CCCC1CNC(=O)c1cc(O)cc(O)c1. The van der Waals surface area contributed by atoms with Gasteiger partial charge in [0.05, 0.1) is 0 Å². The Labute approximate surface area is 112 Å². The van der Waals surface area contributed by atoms with Gasteiger partial charge in [-0.2, -0.15) is 0 Å². The fourth-order valence-electron chi connectivity index (χ4n) is 2.74. The van der Waals surface area contributed by atoms with Gasteiger partial charge in [0.1, 0.15) is 11.5 Å². The Hall–Kier alpha value is -1.75. The van der Waals surface area contributed by atoms with Crippen molar-refractivity contribution in [1.29, 1.82) is 0 Å². The van der Waals surface area contributed by atoms with E-state index in [-0.39, 0.29) is 23.0 Å². The summed E-state index contributed by atoms with van der Waals surface area (Å²) in [5, 5.41) is 21.5. The molecule has 5 nitrogen and oxygen atoms in total. The van der Waals surface area contributed by atoms with Crippen LogP contribution in [0.25, 0.3) is 0 Å². The van der Waals surface area contributed by atoms with Crippen LogP contribution in [-0.4, -0.2) is 29.2 Å². The highest BCUT2D eigenvalue weighted by atomic mass is 16.3. The minimum absolute atomic E-state index is 0.120. The van der Waals surface area contributed by atoms with Crippen LogP contribution in [0.5, 0.6) is 11.5 Å². The molecule has 1 aromatic rings. The summed E-state index contributed by atoms with van der Waals surface area (Å²) < 4.78 is 0. The number of hydrogen-bond donors (Lipinski definition) is 4. The molecule has 1 saturated carbocycles. The molecule has 2 rings (SSSR count). The molecule has 1 fully saturated rings. The molecule has 1 amide bonds. The molecule has 2 unspecified atom stereocenters. The van der Waals surface area contributed by atoms with E-state index in [0.717, 1.165) is 19.3 Å². The third-order valence-corrected chi connectivity index (χ3v) is 3.81. The summed E-state index contributed by atoms with van der Waals surface area (Å²) in [4.78, 5) is 11.9. The molecule has 1 aromatic carbocycles. The van der Waals surface area contributed by atoms with E-state index in [0.29, 0.717) is 24.9 Å². The fraction of sp³-hybridized carbons (Fsp3) is 0.500. The van der Waals surface area contributed by atoms with Gasteiger partial charge < -0.3 is 21.3 Å². The van der Waals surface area contributed by atoms with Gasteiger partial charge in [-0.1, -0.05) is 6.42 Å². The first-order chi connectivity index (χ1) is 9.10. The van der Waals surface area contributed by atoms with Gasteiger partial charge in [0.15, 0.2) is 0 Å². The normalized spacial score (nSPS) is 22.4. The summed E-state index contributed by atoms with van der Waals surface area (Å²) in [5.41, 5.74) is 5.97. The van der Waals surface area contributed by atoms with Crippen molar-refractivity contribution >= 4 is 5.91 Å². The number of carbonyl (C=O) groups excluding carboxylic acids is 1. The summed E-state index contributed by atoms with van der Waals surface area (Å²) in [6.07, 6.45) is 3.38. The predicted molar refractivity (Wildman–Crippen MR) is 72.0 cm³/mol.